The maximum Gasteiger partial charge on any atom is 0.237 e. The molecule has 0 aliphatic carbocycles. The summed E-state index contributed by atoms with van der Waals surface area (Å²) < 4.78 is 13.5. The van der Waals surface area contributed by atoms with Crippen molar-refractivity contribution in [3.63, 3.8) is 0 Å². The molecule has 0 aromatic carbocycles. The number of nitrogens with one attached hydrogen (secondary N) is 1. The Bertz CT molecular complexity index is 884. The molecule has 2 fully saturated rings. The van der Waals surface area contributed by atoms with Crippen molar-refractivity contribution in [2.24, 2.45) is 0 Å². The standard InChI is InChI=1S/C19H21FN6O/c20-14-7-17(8-21)26(10-14)18(27)12-25-5-3-15(11-25)24-16-6-13-2-1-4-22-19(13)23-9-16/h1-2,4,6,9,14-15,17,24H,3,5,7,10-12H2/t14-,15+,17-/m0/s1. The van der Waals surface area contributed by atoms with Gasteiger partial charge < -0.3 is 10.2 Å². The highest BCUT2D eigenvalue weighted by molar-refractivity contribution is 5.79. The first-order chi connectivity index (χ1) is 13.1. The number of carbonyl (C=O) groups is 1. The Morgan fingerprint density at radius 3 is 3.15 bits per heavy atom. The number of nitriles is 1. The zero-order valence-corrected chi connectivity index (χ0v) is 14.9. The van der Waals surface area contributed by atoms with Gasteiger partial charge in [0.25, 0.3) is 0 Å². The predicted octanol–water partition coefficient (Wildman–Crippen LogP) is 1.58. The molecule has 2 aliphatic heterocycles. The summed E-state index contributed by atoms with van der Waals surface area (Å²) in [5.74, 6) is -0.166. The van der Waals surface area contributed by atoms with E-state index in [1.54, 1.807) is 12.4 Å². The number of pyridine rings is 2. The van der Waals surface area contributed by atoms with Gasteiger partial charge in [0.2, 0.25) is 5.91 Å². The molecule has 1 amide bonds. The Labute approximate surface area is 156 Å². The third-order valence-corrected chi connectivity index (χ3v) is 5.18. The van der Waals surface area contributed by atoms with Crippen LogP contribution in [0.4, 0.5) is 10.1 Å². The number of halogens is 1. The fraction of sp³-hybridized carbons (Fsp3) is 0.474. The van der Waals surface area contributed by atoms with E-state index in [0.29, 0.717) is 5.65 Å². The second kappa shape index (κ2) is 7.45. The minimum Gasteiger partial charge on any atom is -0.380 e. The molecule has 3 atom stereocenters. The van der Waals surface area contributed by atoms with E-state index in [2.05, 4.69) is 20.2 Å². The Kier molecular flexibility index (Phi) is 4.86. The normalized spacial score (nSPS) is 25.6. The van der Waals surface area contributed by atoms with Crippen LogP contribution in [0.5, 0.6) is 0 Å². The van der Waals surface area contributed by atoms with Crippen LogP contribution in [-0.2, 0) is 4.79 Å². The zero-order chi connectivity index (χ0) is 18.8. The summed E-state index contributed by atoms with van der Waals surface area (Å²) in [6, 6.07) is 7.48. The fourth-order valence-corrected chi connectivity index (χ4v) is 3.84. The first-order valence-electron chi connectivity index (χ1n) is 9.15. The number of anilines is 1. The summed E-state index contributed by atoms with van der Waals surface area (Å²) in [5.41, 5.74) is 1.64. The largest absolute Gasteiger partial charge is 0.380 e. The lowest BCUT2D eigenvalue weighted by Crippen LogP contribution is -2.42. The lowest BCUT2D eigenvalue weighted by atomic mass is 10.2. The van der Waals surface area contributed by atoms with Gasteiger partial charge in [0.15, 0.2) is 5.65 Å². The molecule has 2 aliphatic rings. The lowest BCUT2D eigenvalue weighted by Gasteiger charge is -2.23. The van der Waals surface area contributed by atoms with Gasteiger partial charge in [0, 0.05) is 37.1 Å². The van der Waals surface area contributed by atoms with Crippen molar-refractivity contribution >= 4 is 22.6 Å². The summed E-state index contributed by atoms with van der Waals surface area (Å²) in [5, 5.41) is 13.5. The van der Waals surface area contributed by atoms with Crippen LogP contribution in [0.3, 0.4) is 0 Å². The lowest BCUT2D eigenvalue weighted by molar-refractivity contribution is -0.132. The number of fused-ring (bicyclic) bond motifs is 1. The van der Waals surface area contributed by atoms with Crippen LogP contribution in [0, 0.1) is 11.3 Å². The molecule has 0 radical (unpaired) electrons. The average molecular weight is 368 g/mol. The van der Waals surface area contributed by atoms with Gasteiger partial charge >= 0.3 is 0 Å². The van der Waals surface area contributed by atoms with E-state index in [4.69, 9.17) is 5.26 Å². The monoisotopic (exact) mass is 368 g/mol. The number of hydrogen-bond acceptors (Lipinski definition) is 6. The van der Waals surface area contributed by atoms with Gasteiger partial charge in [-0.25, -0.2) is 14.4 Å². The second-order valence-electron chi connectivity index (χ2n) is 7.16. The van der Waals surface area contributed by atoms with E-state index >= 15 is 0 Å². The van der Waals surface area contributed by atoms with Crippen LogP contribution in [0.15, 0.2) is 30.6 Å². The van der Waals surface area contributed by atoms with E-state index in [1.165, 1.54) is 4.90 Å². The summed E-state index contributed by atoms with van der Waals surface area (Å²) >= 11 is 0. The first kappa shape index (κ1) is 17.6. The first-order valence-corrected chi connectivity index (χ1v) is 9.15. The maximum atomic E-state index is 13.5. The third kappa shape index (κ3) is 3.83. The highest BCUT2D eigenvalue weighted by Gasteiger charge is 2.36. The second-order valence-corrected chi connectivity index (χ2v) is 7.16. The molecule has 4 rings (SSSR count). The Balaban J connectivity index is 1.33. The van der Waals surface area contributed by atoms with Crippen molar-refractivity contribution in [1.29, 1.82) is 5.26 Å². The Hall–Kier alpha value is -2.79. The molecular formula is C19H21FN6O. The molecule has 7 nitrogen and oxygen atoms in total. The van der Waals surface area contributed by atoms with Gasteiger partial charge in [-0.2, -0.15) is 5.26 Å². The van der Waals surface area contributed by atoms with Crippen molar-refractivity contribution < 1.29 is 9.18 Å². The van der Waals surface area contributed by atoms with Crippen molar-refractivity contribution in [2.45, 2.75) is 31.1 Å². The third-order valence-electron chi connectivity index (χ3n) is 5.18. The number of likely N-dealkylation sites (tertiary alicyclic amines) is 2. The summed E-state index contributed by atoms with van der Waals surface area (Å²) in [6.07, 6.45) is 3.42. The van der Waals surface area contributed by atoms with Crippen LogP contribution in [0.1, 0.15) is 12.8 Å². The van der Waals surface area contributed by atoms with E-state index in [0.717, 1.165) is 30.6 Å². The molecule has 140 valence electrons. The molecule has 2 saturated heterocycles. The predicted molar refractivity (Wildman–Crippen MR) is 98.6 cm³/mol. The van der Waals surface area contributed by atoms with Gasteiger partial charge in [-0.15, -0.1) is 0 Å². The van der Waals surface area contributed by atoms with Crippen LogP contribution < -0.4 is 5.32 Å². The minimum absolute atomic E-state index is 0.0311. The quantitative estimate of drug-likeness (QED) is 0.882. The molecule has 8 heteroatoms. The van der Waals surface area contributed by atoms with Crippen LogP contribution in [0.25, 0.3) is 11.0 Å². The van der Waals surface area contributed by atoms with Crippen LogP contribution >= 0.6 is 0 Å². The number of amides is 1. The van der Waals surface area contributed by atoms with Crippen LogP contribution in [0.2, 0.25) is 0 Å². The molecule has 0 bridgehead atoms. The number of aromatic nitrogens is 2. The van der Waals surface area contributed by atoms with Gasteiger partial charge in [0.05, 0.1) is 31.0 Å². The smallest absolute Gasteiger partial charge is 0.237 e. The molecule has 2 aromatic heterocycles. The SMILES string of the molecule is N#C[C@@H]1C[C@H](F)CN1C(=O)CN1CC[C@@H](Nc2cnc3ncccc3c2)C1. The van der Waals surface area contributed by atoms with Crippen molar-refractivity contribution in [3.8, 4) is 6.07 Å². The Morgan fingerprint density at radius 2 is 2.30 bits per heavy atom. The molecule has 2 aromatic rings. The highest BCUT2D eigenvalue weighted by Crippen LogP contribution is 2.22. The van der Waals surface area contributed by atoms with E-state index < -0.39 is 12.2 Å². The number of rotatable bonds is 4. The maximum absolute atomic E-state index is 13.5. The number of nitrogens with zero attached hydrogens (tertiary/aromatic N) is 5. The van der Waals surface area contributed by atoms with Crippen LogP contribution in [-0.4, -0.2) is 70.1 Å². The molecule has 1 N–H and O–H groups in total. The van der Waals surface area contributed by atoms with Crippen molar-refractivity contribution in [3.05, 3.63) is 30.6 Å². The molecular weight excluding hydrogens is 347 g/mol. The number of alkyl halides is 1. The molecule has 0 unspecified atom stereocenters. The zero-order valence-electron chi connectivity index (χ0n) is 14.9. The molecule has 0 saturated carbocycles. The highest BCUT2D eigenvalue weighted by atomic mass is 19.1. The van der Waals surface area contributed by atoms with Crippen molar-refractivity contribution in [1.82, 2.24) is 19.8 Å². The van der Waals surface area contributed by atoms with Gasteiger partial charge in [-0.3, -0.25) is 9.69 Å². The van der Waals surface area contributed by atoms with Gasteiger partial charge in [0.1, 0.15) is 12.2 Å². The Morgan fingerprint density at radius 1 is 1.41 bits per heavy atom. The fourth-order valence-electron chi connectivity index (χ4n) is 3.84. The van der Waals surface area contributed by atoms with Crippen molar-refractivity contribution in [2.75, 3.05) is 31.5 Å². The summed E-state index contributed by atoms with van der Waals surface area (Å²) in [7, 11) is 0. The number of carbonyl (C=O) groups excluding carboxylic acids is 1. The van der Waals surface area contributed by atoms with E-state index in [-0.39, 0.29) is 31.5 Å². The van der Waals surface area contributed by atoms with E-state index in [1.807, 2.05) is 24.3 Å². The summed E-state index contributed by atoms with van der Waals surface area (Å²) in [4.78, 5) is 24.5. The topological polar surface area (TPSA) is 85.2 Å². The summed E-state index contributed by atoms with van der Waals surface area (Å²) in [6.45, 7) is 1.77. The van der Waals surface area contributed by atoms with Gasteiger partial charge in [-0.05, 0) is 24.6 Å². The molecule has 0 spiro atoms. The molecule has 27 heavy (non-hydrogen) atoms. The average Bonchev–Trinajstić information content (AvgIpc) is 3.27. The minimum atomic E-state index is -1.10. The number of hydrogen-bond donors (Lipinski definition) is 1. The van der Waals surface area contributed by atoms with E-state index in [9.17, 15) is 9.18 Å². The van der Waals surface area contributed by atoms with Gasteiger partial charge in [-0.1, -0.05) is 0 Å². The molecule has 4 heterocycles.